The number of halogens is 1. The second-order valence-electron chi connectivity index (χ2n) is 3.99. The van der Waals surface area contributed by atoms with Crippen molar-refractivity contribution < 1.29 is 9.47 Å². The minimum atomic E-state index is 0.115. The minimum absolute atomic E-state index is 0.115. The fourth-order valence-electron chi connectivity index (χ4n) is 1.57. The summed E-state index contributed by atoms with van der Waals surface area (Å²) in [5.74, 6) is 1.30. The van der Waals surface area contributed by atoms with Crippen LogP contribution >= 0.6 is 11.6 Å². The van der Waals surface area contributed by atoms with Crippen LogP contribution in [0.25, 0.3) is 0 Å². The maximum Gasteiger partial charge on any atom is 0.326 e. The quantitative estimate of drug-likeness (QED) is 0.725. The van der Waals surface area contributed by atoms with Gasteiger partial charge in [0.1, 0.15) is 10.8 Å². The smallest absolute Gasteiger partial charge is 0.326 e. The molecule has 0 spiro atoms. The first kappa shape index (κ1) is 13.3. The number of hydrogen-bond acceptors (Lipinski definition) is 5. The van der Waals surface area contributed by atoms with Gasteiger partial charge in [0.25, 0.3) is 0 Å². The van der Waals surface area contributed by atoms with Gasteiger partial charge in [-0.2, -0.15) is 4.98 Å². The fraction of sp³-hybridized carbons (Fsp3) is 0. The molecule has 21 heavy (non-hydrogen) atoms. The molecule has 0 radical (unpaired) electrons. The van der Waals surface area contributed by atoms with Crippen molar-refractivity contribution in [2.75, 3.05) is 0 Å². The Morgan fingerprint density at radius 3 is 2.48 bits per heavy atom. The Hall–Kier alpha value is -2.66. The third-order valence-electron chi connectivity index (χ3n) is 2.49. The highest BCUT2D eigenvalue weighted by molar-refractivity contribution is 6.31. The molecule has 3 rings (SSSR count). The van der Waals surface area contributed by atoms with Gasteiger partial charge in [-0.25, -0.2) is 9.97 Å². The van der Waals surface area contributed by atoms with E-state index in [4.69, 9.17) is 21.1 Å². The molecule has 3 aromatic rings. The van der Waals surface area contributed by atoms with E-state index in [1.807, 2.05) is 30.3 Å². The zero-order valence-electron chi connectivity index (χ0n) is 10.8. The Labute approximate surface area is 126 Å². The Balaban J connectivity index is 1.79. The van der Waals surface area contributed by atoms with E-state index in [1.165, 1.54) is 6.20 Å². The number of rotatable bonds is 4. The summed E-state index contributed by atoms with van der Waals surface area (Å²) in [6.45, 7) is 0. The Morgan fingerprint density at radius 2 is 1.67 bits per heavy atom. The number of benzene rings is 1. The first-order valence-electron chi connectivity index (χ1n) is 6.15. The normalized spacial score (nSPS) is 10.1. The van der Waals surface area contributed by atoms with Gasteiger partial charge in [-0.15, -0.1) is 0 Å². The van der Waals surface area contributed by atoms with Crippen molar-refractivity contribution in [3.05, 3.63) is 65.9 Å². The van der Waals surface area contributed by atoms with Crippen molar-refractivity contribution in [1.82, 2.24) is 15.0 Å². The SMILES string of the molecule is Clc1cccnc1Oc1nccc(Oc2ccccc2)n1. The van der Waals surface area contributed by atoms with E-state index in [2.05, 4.69) is 15.0 Å². The molecular formula is C15H10ClN3O2. The lowest BCUT2D eigenvalue weighted by Crippen LogP contribution is -1.96. The van der Waals surface area contributed by atoms with Gasteiger partial charge >= 0.3 is 6.01 Å². The second-order valence-corrected chi connectivity index (χ2v) is 4.39. The molecule has 104 valence electrons. The fourth-order valence-corrected chi connectivity index (χ4v) is 1.73. The molecule has 0 atom stereocenters. The van der Waals surface area contributed by atoms with Crippen molar-refractivity contribution in [3.63, 3.8) is 0 Å². The standard InChI is InChI=1S/C15H10ClN3O2/c16-12-7-4-9-17-14(12)21-15-18-10-8-13(19-15)20-11-5-2-1-3-6-11/h1-10H. The predicted octanol–water partition coefficient (Wildman–Crippen LogP) is 4.11. The first-order valence-corrected chi connectivity index (χ1v) is 6.53. The van der Waals surface area contributed by atoms with Crippen molar-refractivity contribution >= 4 is 11.6 Å². The molecule has 2 aromatic heterocycles. The van der Waals surface area contributed by atoms with Crippen molar-refractivity contribution in [1.29, 1.82) is 0 Å². The zero-order chi connectivity index (χ0) is 14.5. The summed E-state index contributed by atoms with van der Waals surface area (Å²) in [4.78, 5) is 12.2. The topological polar surface area (TPSA) is 57.1 Å². The van der Waals surface area contributed by atoms with Gasteiger partial charge in [0.15, 0.2) is 0 Å². The van der Waals surface area contributed by atoms with Crippen LogP contribution in [0.15, 0.2) is 60.9 Å². The van der Waals surface area contributed by atoms with E-state index in [9.17, 15) is 0 Å². The van der Waals surface area contributed by atoms with Crippen molar-refractivity contribution in [2.24, 2.45) is 0 Å². The van der Waals surface area contributed by atoms with Crippen LogP contribution in [-0.4, -0.2) is 15.0 Å². The largest absolute Gasteiger partial charge is 0.439 e. The van der Waals surface area contributed by atoms with Crippen LogP contribution in [0.1, 0.15) is 0 Å². The van der Waals surface area contributed by atoms with Crippen LogP contribution in [0.3, 0.4) is 0 Å². The molecule has 0 unspecified atom stereocenters. The van der Waals surface area contributed by atoms with Gasteiger partial charge < -0.3 is 9.47 Å². The first-order chi connectivity index (χ1) is 10.3. The van der Waals surface area contributed by atoms with Crippen molar-refractivity contribution in [3.8, 4) is 23.5 Å². The summed E-state index contributed by atoms with van der Waals surface area (Å²) in [7, 11) is 0. The van der Waals surface area contributed by atoms with Gasteiger partial charge in [0, 0.05) is 18.5 Å². The highest BCUT2D eigenvalue weighted by Gasteiger charge is 2.07. The van der Waals surface area contributed by atoms with E-state index in [-0.39, 0.29) is 11.9 Å². The predicted molar refractivity (Wildman–Crippen MR) is 77.9 cm³/mol. The van der Waals surface area contributed by atoms with Crippen LogP contribution in [-0.2, 0) is 0 Å². The van der Waals surface area contributed by atoms with Crippen LogP contribution in [0.5, 0.6) is 23.5 Å². The van der Waals surface area contributed by atoms with Crippen LogP contribution < -0.4 is 9.47 Å². The molecule has 0 amide bonds. The number of nitrogens with zero attached hydrogens (tertiary/aromatic N) is 3. The summed E-state index contributed by atoms with van der Waals surface area (Å²) in [6.07, 6.45) is 3.11. The van der Waals surface area contributed by atoms with E-state index in [0.29, 0.717) is 16.7 Å². The highest BCUT2D eigenvalue weighted by Crippen LogP contribution is 2.26. The van der Waals surface area contributed by atoms with Gasteiger partial charge in [-0.05, 0) is 24.3 Å². The van der Waals surface area contributed by atoms with Crippen LogP contribution in [0.2, 0.25) is 5.02 Å². The molecule has 1 aromatic carbocycles. The molecule has 6 heteroatoms. The molecule has 0 bridgehead atoms. The lowest BCUT2D eigenvalue weighted by Gasteiger charge is -2.07. The van der Waals surface area contributed by atoms with E-state index in [1.54, 1.807) is 24.4 Å². The molecule has 0 N–H and O–H groups in total. The lowest BCUT2D eigenvalue weighted by molar-refractivity contribution is 0.401. The van der Waals surface area contributed by atoms with Crippen molar-refractivity contribution in [2.45, 2.75) is 0 Å². The molecule has 0 saturated heterocycles. The second kappa shape index (κ2) is 6.19. The van der Waals surface area contributed by atoms with E-state index >= 15 is 0 Å². The number of para-hydroxylation sites is 1. The van der Waals surface area contributed by atoms with Gasteiger partial charge in [-0.1, -0.05) is 29.8 Å². The molecule has 0 saturated carbocycles. The lowest BCUT2D eigenvalue weighted by atomic mass is 10.3. The van der Waals surface area contributed by atoms with E-state index in [0.717, 1.165) is 0 Å². The molecule has 0 fully saturated rings. The number of hydrogen-bond donors (Lipinski definition) is 0. The van der Waals surface area contributed by atoms with Crippen LogP contribution in [0.4, 0.5) is 0 Å². The summed E-state index contributed by atoms with van der Waals surface area (Å²) in [5.41, 5.74) is 0. The Kier molecular flexibility index (Phi) is 3.93. The minimum Gasteiger partial charge on any atom is -0.439 e. The average molecular weight is 300 g/mol. The van der Waals surface area contributed by atoms with Gasteiger partial charge in [-0.3, -0.25) is 0 Å². The highest BCUT2D eigenvalue weighted by atomic mass is 35.5. The average Bonchev–Trinajstić information content (AvgIpc) is 2.51. The summed E-state index contributed by atoms with van der Waals surface area (Å²) in [5, 5.41) is 0.385. The number of ether oxygens (including phenoxy) is 2. The maximum absolute atomic E-state index is 5.97. The Morgan fingerprint density at radius 1 is 0.810 bits per heavy atom. The summed E-state index contributed by atoms with van der Waals surface area (Å²) in [6, 6.07) is 14.5. The van der Waals surface area contributed by atoms with Gasteiger partial charge in [0.05, 0.1) is 0 Å². The Bertz CT molecular complexity index is 738. The summed E-state index contributed by atoms with van der Waals surface area (Å²) >= 11 is 5.97. The molecular weight excluding hydrogens is 290 g/mol. The zero-order valence-corrected chi connectivity index (χ0v) is 11.6. The molecule has 5 nitrogen and oxygen atoms in total. The monoisotopic (exact) mass is 299 g/mol. The van der Waals surface area contributed by atoms with E-state index < -0.39 is 0 Å². The number of pyridine rings is 1. The molecule has 0 aliphatic heterocycles. The summed E-state index contributed by atoms with van der Waals surface area (Å²) < 4.78 is 11.0. The van der Waals surface area contributed by atoms with Gasteiger partial charge in [0.2, 0.25) is 11.8 Å². The number of aromatic nitrogens is 3. The molecule has 0 aliphatic rings. The maximum atomic E-state index is 5.97. The third-order valence-corrected chi connectivity index (χ3v) is 2.77. The molecule has 0 aliphatic carbocycles. The van der Waals surface area contributed by atoms with Crippen LogP contribution in [0, 0.1) is 0 Å². The third kappa shape index (κ3) is 3.46. The molecule has 2 heterocycles.